The van der Waals surface area contributed by atoms with E-state index in [9.17, 15) is 13.2 Å². The summed E-state index contributed by atoms with van der Waals surface area (Å²) in [6.45, 7) is 1.73. The van der Waals surface area contributed by atoms with Crippen LogP contribution < -0.4 is 10.1 Å². The number of hydrogen-bond acceptors (Lipinski definition) is 3. The number of hydrogen-bond donors (Lipinski definition) is 1. The number of benzene rings is 1. The van der Waals surface area contributed by atoms with Gasteiger partial charge in [0.15, 0.2) is 6.79 Å². The molecular weight excluding hydrogens is 339 g/mol. The molecule has 0 aromatic heterocycles. The van der Waals surface area contributed by atoms with Gasteiger partial charge in [-0.1, -0.05) is 19.1 Å². The summed E-state index contributed by atoms with van der Waals surface area (Å²) in [5.41, 5.74) is 0.864. The molecule has 0 unspecified atom stereocenters. The van der Waals surface area contributed by atoms with Crippen LogP contribution in [0, 0.1) is 0 Å². The smallest absolute Gasteiger partial charge is 0.411 e. The zero-order valence-electron chi connectivity index (χ0n) is 11.1. The minimum absolute atomic E-state index is 0.442. The van der Waals surface area contributed by atoms with Crippen molar-refractivity contribution in [1.29, 1.82) is 0 Å². The van der Waals surface area contributed by atoms with E-state index in [-0.39, 0.29) is 0 Å². The van der Waals surface area contributed by atoms with Crippen LogP contribution in [0.2, 0.25) is 0 Å². The molecule has 0 amide bonds. The van der Waals surface area contributed by atoms with Crippen molar-refractivity contribution in [2.45, 2.75) is 26.1 Å². The van der Waals surface area contributed by atoms with Gasteiger partial charge in [-0.05, 0) is 35.0 Å². The van der Waals surface area contributed by atoms with Crippen LogP contribution in [0.5, 0.6) is 5.75 Å². The predicted octanol–water partition coefficient (Wildman–Crippen LogP) is 3.86. The standard InChI is InChI=1S/C13H17BrF3NO2/c1-2-6-18-7-10-4-3-5-11(14)12(10)20-9-19-8-13(15,16)17/h3-5,18H,2,6-9H2,1H3. The second-order valence-electron chi connectivity index (χ2n) is 4.13. The summed E-state index contributed by atoms with van der Waals surface area (Å²) in [6.07, 6.45) is -3.35. The highest BCUT2D eigenvalue weighted by molar-refractivity contribution is 9.10. The SMILES string of the molecule is CCCNCc1cccc(Br)c1OCOCC(F)(F)F. The Balaban J connectivity index is 2.54. The summed E-state index contributed by atoms with van der Waals surface area (Å²) in [5.74, 6) is 0.498. The Morgan fingerprint density at radius 2 is 2.05 bits per heavy atom. The van der Waals surface area contributed by atoms with E-state index in [1.807, 2.05) is 12.1 Å². The minimum Gasteiger partial charge on any atom is -0.466 e. The van der Waals surface area contributed by atoms with Crippen LogP contribution in [0.3, 0.4) is 0 Å². The molecule has 0 atom stereocenters. The highest BCUT2D eigenvalue weighted by Crippen LogP contribution is 2.29. The quantitative estimate of drug-likeness (QED) is 0.567. The number of ether oxygens (including phenoxy) is 2. The van der Waals surface area contributed by atoms with E-state index in [1.165, 1.54) is 0 Å². The van der Waals surface area contributed by atoms with Gasteiger partial charge < -0.3 is 14.8 Å². The number of para-hydroxylation sites is 1. The lowest BCUT2D eigenvalue weighted by molar-refractivity contribution is -0.186. The lowest BCUT2D eigenvalue weighted by atomic mass is 10.2. The van der Waals surface area contributed by atoms with Crippen LogP contribution in [0.4, 0.5) is 13.2 Å². The van der Waals surface area contributed by atoms with Crippen LogP contribution in [0.25, 0.3) is 0 Å². The van der Waals surface area contributed by atoms with Crippen molar-refractivity contribution in [2.24, 2.45) is 0 Å². The van der Waals surface area contributed by atoms with Crippen LogP contribution >= 0.6 is 15.9 Å². The van der Waals surface area contributed by atoms with Gasteiger partial charge in [0.05, 0.1) is 4.47 Å². The fourth-order valence-corrected chi connectivity index (χ4v) is 2.03. The van der Waals surface area contributed by atoms with Crippen molar-refractivity contribution in [3.8, 4) is 5.75 Å². The monoisotopic (exact) mass is 355 g/mol. The molecule has 7 heteroatoms. The van der Waals surface area contributed by atoms with Crippen LogP contribution in [0.1, 0.15) is 18.9 Å². The molecule has 1 aromatic carbocycles. The first kappa shape index (κ1) is 17.3. The fraction of sp³-hybridized carbons (Fsp3) is 0.538. The second kappa shape index (κ2) is 8.49. The third-order valence-corrected chi connectivity index (χ3v) is 2.97. The Morgan fingerprint density at radius 1 is 1.30 bits per heavy atom. The zero-order chi connectivity index (χ0) is 15.0. The van der Waals surface area contributed by atoms with Gasteiger partial charge in [-0.3, -0.25) is 0 Å². The molecule has 1 rings (SSSR count). The van der Waals surface area contributed by atoms with E-state index >= 15 is 0 Å². The van der Waals surface area contributed by atoms with Gasteiger partial charge in [0.2, 0.25) is 0 Å². The van der Waals surface area contributed by atoms with Crippen molar-refractivity contribution in [3.05, 3.63) is 28.2 Å². The van der Waals surface area contributed by atoms with E-state index in [0.717, 1.165) is 18.5 Å². The maximum atomic E-state index is 11.9. The lowest BCUT2D eigenvalue weighted by Crippen LogP contribution is -2.20. The van der Waals surface area contributed by atoms with Gasteiger partial charge in [-0.25, -0.2) is 0 Å². The molecule has 0 aliphatic carbocycles. The average Bonchev–Trinajstić information content (AvgIpc) is 2.36. The average molecular weight is 356 g/mol. The first-order valence-corrected chi connectivity index (χ1v) is 6.98. The summed E-state index contributed by atoms with van der Waals surface area (Å²) in [5, 5.41) is 3.21. The van der Waals surface area contributed by atoms with E-state index in [2.05, 4.69) is 32.9 Å². The molecule has 0 aliphatic rings. The highest BCUT2D eigenvalue weighted by atomic mass is 79.9. The molecular formula is C13H17BrF3NO2. The normalized spacial score (nSPS) is 11.7. The van der Waals surface area contributed by atoms with Crippen molar-refractivity contribution in [3.63, 3.8) is 0 Å². The fourth-order valence-electron chi connectivity index (χ4n) is 1.51. The third kappa shape index (κ3) is 6.58. The van der Waals surface area contributed by atoms with E-state index in [0.29, 0.717) is 16.8 Å². The number of rotatable bonds is 8. The molecule has 0 spiro atoms. The summed E-state index contributed by atoms with van der Waals surface area (Å²) in [7, 11) is 0. The maximum Gasteiger partial charge on any atom is 0.411 e. The summed E-state index contributed by atoms with van der Waals surface area (Å²) >= 11 is 3.32. The molecule has 0 saturated carbocycles. The first-order chi connectivity index (χ1) is 9.44. The second-order valence-corrected chi connectivity index (χ2v) is 4.99. The van der Waals surface area contributed by atoms with Gasteiger partial charge in [0, 0.05) is 12.1 Å². The van der Waals surface area contributed by atoms with Crippen LogP contribution in [0.15, 0.2) is 22.7 Å². The van der Waals surface area contributed by atoms with Crippen LogP contribution in [-0.2, 0) is 11.3 Å². The molecule has 114 valence electrons. The third-order valence-electron chi connectivity index (χ3n) is 2.34. The molecule has 0 fully saturated rings. The van der Waals surface area contributed by atoms with Gasteiger partial charge in [-0.15, -0.1) is 0 Å². The molecule has 1 N–H and O–H groups in total. The first-order valence-electron chi connectivity index (χ1n) is 6.19. The highest BCUT2D eigenvalue weighted by Gasteiger charge is 2.27. The van der Waals surface area contributed by atoms with Crippen molar-refractivity contribution in [1.82, 2.24) is 5.32 Å². The van der Waals surface area contributed by atoms with E-state index in [1.54, 1.807) is 6.07 Å². The molecule has 1 aromatic rings. The Morgan fingerprint density at radius 3 is 2.70 bits per heavy atom. The molecule has 0 saturated heterocycles. The van der Waals surface area contributed by atoms with Crippen molar-refractivity contribution < 1.29 is 22.6 Å². The number of nitrogens with one attached hydrogen (secondary N) is 1. The van der Waals surface area contributed by atoms with Gasteiger partial charge >= 0.3 is 6.18 Å². The zero-order valence-corrected chi connectivity index (χ0v) is 12.7. The summed E-state index contributed by atoms with van der Waals surface area (Å²) < 4.78 is 46.3. The predicted molar refractivity (Wildman–Crippen MR) is 73.6 cm³/mol. The number of halogens is 4. The van der Waals surface area contributed by atoms with E-state index < -0.39 is 19.6 Å². The maximum absolute atomic E-state index is 11.9. The Hall–Kier alpha value is -0.790. The molecule has 0 radical (unpaired) electrons. The largest absolute Gasteiger partial charge is 0.466 e. The molecule has 0 aliphatic heterocycles. The minimum atomic E-state index is -4.34. The van der Waals surface area contributed by atoms with Crippen LogP contribution in [-0.4, -0.2) is 26.1 Å². The Bertz CT molecular complexity index is 413. The van der Waals surface area contributed by atoms with E-state index in [4.69, 9.17) is 4.74 Å². The van der Waals surface area contributed by atoms with Gasteiger partial charge in [0.25, 0.3) is 0 Å². The topological polar surface area (TPSA) is 30.5 Å². The molecule has 20 heavy (non-hydrogen) atoms. The molecule has 3 nitrogen and oxygen atoms in total. The molecule has 0 bridgehead atoms. The molecule has 0 heterocycles. The number of alkyl halides is 3. The summed E-state index contributed by atoms with van der Waals surface area (Å²) in [4.78, 5) is 0. The Kier molecular flexibility index (Phi) is 7.32. The van der Waals surface area contributed by atoms with Gasteiger partial charge in [-0.2, -0.15) is 13.2 Å². The van der Waals surface area contributed by atoms with Gasteiger partial charge in [0.1, 0.15) is 12.4 Å². The Labute approximate surface area is 124 Å². The van der Waals surface area contributed by atoms with Crippen molar-refractivity contribution in [2.75, 3.05) is 19.9 Å². The summed E-state index contributed by atoms with van der Waals surface area (Å²) in [6, 6.07) is 5.46. The van der Waals surface area contributed by atoms with Crippen molar-refractivity contribution >= 4 is 15.9 Å². The lowest BCUT2D eigenvalue weighted by Gasteiger charge is -2.14.